The first-order valence-electron chi connectivity index (χ1n) is 10.9. The van der Waals surface area contributed by atoms with E-state index >= 15 is 0 Å². The van der Waals surface area contributed by atoms with Crippen LogP contribution in [0.3, 0.4) is 0 Å². The molecule has 0 spiro atoms. The minimum atomic E-state index is -0.715. The van der Waals surface area contributed by atoms with Crippen molar-refractivity contribution in [1.82, 2.24) is 9.78 Å². The molecule has 0 amide bonds. The zero-order valence-corrected chi connectivity index (χ0v) is 18.6. The molecule has 0 radical (unpaired) electrons. The number of nitrogens with zero attached hydrogens (tertiary/aromatic N) is 3. The molecule has 4 rings (SSSR count). The van der Waals surface area contributed by atoms with Gasteiger partial charge in [0.25, 0.3) is 5.56 Å². The van der Waals surface area contributed by atoms with Crippen molar-refractivity contribution in [3.63, 3.8) is 0 Å². The number of rotatable bonds is 8. The van der Waals surface area contributed by atoms with Gasteiger partial charge in [0.15, 0.2) is 11.4 Å². The summed E-state index contributed by atoms with van der Waals surface area (Å²) in [6.45, 7) is 2.71. The lowest BCUT2D eigenvalue weighted by Gasteiger charge is -2.10. The van der Waals surface area contributed by atoms with Gasteiger partial charge in [0.2, 0.25) is 0 Å². The third-order valence-corrected chi connectivity index (χ3v) is 5.15. The van der Waals surface area contributed by atoms with Crippen molar-refractivity contribution < 1.29 is 23.8 Å². The molecule has 1 aliphatic heterocycles. The van der Waals surface area contributed by atoms with Gasteiger partial charge in [0, 0.05) is 6.61 Å². The van der Waals surface area contributed by atoms with Gasteiger partial charge in [-0.15, -0.1) is 5.11 Å². The second-order valence-electron chi connectivity index (χ2n) is 7.51. The molecule has 1 fully saturated rings. The Balaban J connectivity index is 1.53. The van der Waals surface area contributed by atoms with Gasteiger partial charge < -0.3 is 14.2 Å². The number of ether oxygens (including phenoxy) is 3. The van der Waals surface area contributed by atoms with Gasteiger partial charge in [-0.1, -0.05) is 18.2 Å². The Labute approximate surface area is 195 Å². The number of para-hydroxylation sites is 1. The SMILES string of the molecule is CCOC(=O)c1[nH]n(-c2ccccc2)c(=O)c1N=Nc1ccc(C(=O)OCC2CCCO2)cc1. The molecule has 0 aliphatic carbocycles. The van der Waals surface area contributed by atoms with Gasteiger partial charge in [-0.3, -0.25) is 9.89 Å². The monoisotopic (exact) mass is 464 g/mol. The normalized spacial score (nSPS) is 15.5. The van der Waals surface area contributed by atoms with Crippen LogP contribution in [0, 0.1) is 0 Å². The molecule has 1 aromatic heterocycles. The quantitative estimate of drug-likeness (QED) is 0.395. The maximum Gasteiger partial charge on any atom is 0.358 e. The molecule has 0 saturated carbocycles. The molecule has 1 atom stereocenters. The number of esters is 2. The second-order valence-corrected chi connectivity index (χ2v) is 7.51. The maximum atomic E-state index is 12.9. The van der Waals surface area contributed by atoms with E-state index in [2.05, 4.69) is 15.3 Å². The molecule has 10 heteroatoms. The number of aromatic amines is 1. The first-order chi connectivity index (χ1) is 16.6. The molecule has 2 aromatic carbocycles. The summed E-state index contributed by atoms with van der Waals surface area (Å²) in [6.07, 6.45) is 1.80. The Morgan fingerprint density at radius 3 is 2.50 bits per heavy atom. The molecule has 1 unspecified atom stereocenters. The van der Waals surface area contributed by atoms with Crippen LogP contribution < -0.4 is 5.56 Å². The minimum Gasteiger partial charge on any atom is -0.461 e. The fourth-order valence-electron chi connectivity index (χ4n) is 3.43. The molecular formula is C24H24N4O6. The summed E-state index contributed by atoms with van der Waals surface area (Å²) < 4.78 is 17.0. The lowest BCUT2D eigenvalue weighted by molar-refractivity contribution is 0.0161. The van der Waals surface area contributed by atoms with E-state index in [9.17, 15) is 14.4 Å². The second kappa shape index (κ2) is 10.7. The lowest BCUT2D eigenvalue weighted by atomic mass is 10.2. The van der Waals surface area contributed by atoms with E-state index in [4.69, 9.17) is 14.2 Å². The number of benzene rings is 2. The smallest absolute Gasteiger partial charge is 0.358 e. The minimum absolute atomic E-state index is 0.0492. The predicted octanol–water partition coefficient (Wildman–Crippen LogP) is 4.09. The number of hydrogen-bond donors (Lipinski definition) is 1. The first kappa shape index (κ1) is 23.1. The molecule has 2 heterocycles. The van der Waals surface area contributed by atoms with E-state index in [1.165, 1.54) is 4.68 Å². The molecule has 0 bridgehead atoms. The summed E-state index contributed by atoms with van der Waals surface area (Å²) in [6, 6.07) is 15.0. The van der Waals surface area contributed by atoms with Crippen LogP contribution >= 0.6 is 0 Å². The van der Waals surface area contributed by atoms with Gasteiger partial charge in [-0.05, 0) is 56.2 Å². The van der Waals surface area contributed by atoms with E-state index < -0.39 is 17.5 Å². The number of azo groups is 1. The van der Waals surface area contributed by atoms with Gasteiger partial charge >= 0.3 is 11.9 Å². The summed E-state index contributed by atoms with van der Waals surface area (Å²) in [5.41, 5.74) is 0.448. The topological polar surface area (TPSA) is 124 Å². The highest BCUT2D eigenvalue weighted by molar-refractivity contribution is 5.92. The average Bonchev–Trinajstić information content (AvgIpc) is 3.50. The largest absolute Gasteiger partial charge is 0.461 e. The highest BCUT2D eigenvalue weighted by Crippen LogP contribution is 2.21. The predicted molar refractivity (Wildman–Crippen MR) is 122 cm³/mol. The van der Waals surface area contributed by atoms with Crippen LogP contribution in [0.2, 0.25) is 0 Å². The van der Waals surface area contributed by atoms with Crippen molar-refractivity contribution in [2.24, 2.45) is 10.2 Å². The fourth-order valence-corrected chi connectivity index (χ4v) is 3.43. The van der Waals surface area contributed by atoms with E-state index in [1.54, 1.807) is 55.5 Å². The summed E-state index contributed by atoms with van der Waals surface area (Å²) >= 11 is 0. The highest BCUT2D eigenvalue weighted by Gasteiger charge is 2.22. The van der Waals surface area contributed by atoms with Gasteiger partial charge in [0.1, 0.15) is 6.61 Å². The molecule has 1 saturated heterocycles. The zero-order chi connectivity index (χ0) is 23.9. The molecule has 10 nitrogen and oxygen atoms in total. The molecule has 34 heavy (non-hydrogen) atoms. The summed E-state index contributed by atoms with van der Waals surface area (Å²) in [5.74, 6) is -1.17. The number of nitrogens with one attached hydrogen (secondary N) is 1. The van der Waals surface area contributed by atoms with Crippen molar-refractivity contribution in [2.75, 3.05) is 19.8 Å². The number of carbonyl (C=O) groups excluding carboxylic acids is 2. The Kier molecular flexibility index (Phi) is 7.28. The Morgan fingerprint density at radius 2 is 1.82 bits per heavy atom. The van der Waals surface area contributed by atoms with Crippen molar-refractivity contribution in [3.05, 3.63) is 76.2 Å². The Morgan fingerprint density at radius 1 is 1.06 bits per heavy atom. The first-order valence-corrected chi connectivity index (χ1v) is 10.9. The number of H-pyrrole nitrogens is 1. The fraction of sp³-hybridized carbons (Fsp3) is 0.292. The highest BCUT2D eigenvalue weighted by atomic mass is 16.6. The van der Waals surface area contributed by atoms with Crippen molar-refractivity contribution in [3.8, 4) is 5.69 Å². The van der Waals surface area contributed by atoms with Crippen LogP contribution in [0.5, 0.6) is 0 Å². The van der Waals surface area contributed by atoms with Crippen LogP contribution in [-0.2, 0) is 14.2 Å². The van der Waals surface area contributed by atoms with Gasteiger partial charge in [-0.25, -0.2) is 14.3 Å². The van der Waals surface area contributed by atoms with Crippen molar-refractivity contribution in [1.29, 1.82) is 0 Å². The summed E-state index contributed by atoms with van der Waals surface area (Å²) in [4.78, 5) is 37.5. The molecular weight excluding hydrogens is 440 g/mol. The number of hydrogen-bond acceptors (Lipinski definition) is 8. The standard InChI is InChI=1S/C24H24N4O6/c1-2-32-24(31)21-20(22(29)28(27-21)18-7-4-3-5-8-18)26-25-17-12-10-16(11-13-17)23(30)34-15-19-9-6-14-33-19/h3-5,7-8,10-13,19,27H,2,6,9,14-15H2,1H3. The van der Waals surface area contributed by atoms with E-state index in [1.807, 2.05) is 6.07 Å². The third-order valence-electron chi connectivity index (χ3n) is 5.15. The Bertz CT molecular complexity index is 1220. The zero-order valence-electron chi connectivity index (χ0n) is 18.6. The molecule has 176 valence electrons. The van der Waals surface area contributed by atoms with E-state index in [-0.39, 0.29) is 30.7 Å². The van der Waals surface area contributed by atoms with E-state index in [0.717, 1.165) is 12.8 Å². The number of carbonyl (C=O) groups is 2. The van der Waals surface area contributed by atoms with Crippen LogP contribution in [0.1, 0.15) is 40.6 Å². The van der Waals surface area contributed by atoms with E-state index in [0.29, 0.717) is 23.5 Å². The van der Waals surface area contributed by atoms with Crippen LogP contribution in [-0.4, -0.2) is 47.6 Å². The Hall–Kier alpha value is -4.05. The van der Waals surface area contributed by atoms with Crippen LogP contribution in [0.4, 0.5) is 11.4 Å². The van der Waals surface area contributed by atoms with Crippen LogP contribution in [0.25, 0.3) is 5.69 Å². The van der Waals surface area contributed by atoms with Crippen LogP contribution in [0.15, 0.2) is 69.6 Å². The lowest BCUT2D eigenvalue weighted by Crippen LogP contribution is -2.17. The molecule has 3 aromatic rings. The number of aromatic nitrogens is 2. The molecule has 1 N–H and O–H groups in total. The maximum absolute atomic E-state index is 12.9. The van der Waals surface area contributed by atoms with Gasteiger partial charge in [-0.2, -0.15) is 5.11 Å². The average molecular weight is 464 g/mol. The van der Waals surface area contributed by atoms with Crippen molar-refractivity contribution in [2.45, 2.75) is 25.9 Å². The molecule has 1 aliphatic rings. The van der Waals surface area contributed by atoms with Crippen molar-refractivity contribution >= 4 is 23.3 Å². The van der Waals surface area contributed by atoms with Gasteiger partial charge in [0.05, 0.1) is 29.6 Å². The summed E-state index contributed by atoms with van der Waals surface area (Å²) in [7, 11) is 0. The summed E-state index contributed by atoms with van der Waals surface area (Å²) in [5, 5.41) is 10.8. The third kappa shape index (κ3) is 5.29.